The van der Waals surface area contributed by atoms with E-state index in [4.69, 9.17) is 11.6 Å². The summed E-state index contributed by atoms with van der Waals surface area (Å²) in [5.41, 5.74) is 1.11. The van der Waals surface area contributed by atoms with Crippen LogP contribution in [0.15, 0.2) is 29.3 Å². The lowest BCUT2D eigenvalue weighted by molar-refractivity contribution is 0.399. The molecule has 0 saturated heterocycles. The maximum Gasteiger partial charge on any atom is 0.191 e. The Balaban J connectivity index is 0.00000400. The number of guanidine groups is 1. The van der Waals surface area contributed by atoms with Crippen molar-refractivity contribution in [2.45, 2.75) is 19.9 Å². The molecule has 1 rings (SSSR count). The highest BCUT2D eigenvalue weighted by atomic mass is 127. The van der Waals surface area contributed by atoms with E-state index in [9.17, 15) is 0 Å². The van der Waals surface area contributed by atoms with Gasteiger partial charge >= 0.3 is 0 Å². The second-order valence-corrected chi connectivity index (χ2v) is 5.35. The molecule has 2 N–H and O–H groups in total. The third kappa shape index (κ3) is 9.92. The van der Waals surface area contributed by atoms with E-state index in [1.807, 2.05) is 24.3 Å². The summed E-state index contributed by atoms with van der Waals surface area (Å²) < 4.78 is 0. The van der Waals surface area contributed by atoms with Gasteiger partial charge in [-0.25, -0.2) is 4.99 Å². The van der Waals surface area contributed by atoms with E-state index in [0.717, 1.165) is 42.6 Å². The van der Waals surface area contributed by atoms with Crippen LogP contribution in [0.4, 0.5) is 0 Å². The monoisotopic (exact) mass is 424 g/mol. The smallest absolute Gasteiger partial charge is 0.191 e. The van der Waals surface area contributed by atoms with Gasteiger partial charge in [0.15, 0.2) is 5.96 Å². The predicted molar refractivity (Wildman–Crippen MR) is 103 cm³/mol. The molecule has 0 radical (unpaired) electrons. The van der Waals surface area contributed by atoms with Gasteiger partial charge in [-0.15, -0.1) is 24.0 Å². The normalized spacial score (nSPS) is 11.2. The Kier molecular flexibility index (Phi) is 11.8. The fraction of sp³-hybridized carbons (Fsp3) is 0.533. The second kappa shape index (κ2) is 12.1. The SMILES string of the molecule is CCNC(=NCc1cccc(Cl)c1)NCCCN(C)C.I. The van der Waals surface area contributed by atoms with Gasteiger partial charge in [-0.2, -0.15) is 0 Å². The molecule has 0 fully saturated rings. The molecule has 21 heavy (non-hydrogen) atoms. The van der Waals surface area contributed by atoms with E-state index in [1.165, 1.54) is 0 Å². The average molecular weight is 425 g/mol. The highest BCUT2D eigenvalue weighted by Gasteiger charge is 1.98. The highest BCUT2D eigenvalue weighted by molar-refractivity contribution is 14.0. The van der Waals surface area contributed by atoms with Crippen molar-refractivity contribution < 1.29 is 0 Å². The van der Waals surface area contributed by atoms with Crippen molar-refractivity contribution >= 4 is 41.5 Å². The number of nitrogens with zero attached hydrogens (tertiary/aromatic N) is 2. The zero-order valence-corrected chi connectivity index (χ0v) is 16.1. The van der Waals surface area contributed by atoms with Crippen LogP contribution in [0.5, 0.6) is 0 Å². The maximum absolute atomic E-state index is 5.97. The fourth-order valence-electron chi connectivity index (χ4n) is 1.75. The zero-order valence-electron chi connectivity index (χ0n) is 13.0. The van der Waals surface area contributed by atoms with Crippen molar-refractivity contribution in [1.29, 1.82) is 0 Å². The summed E-state index contributed by atoms with van der Waals surface area (Å²) in [6.07, 6.45) is 1.09. The van der Waals surface area contributed by atoms with E-state index in [-0.39, 0.29) is 24.0 Å². The van der Waals surface area contributed by atoms with Crippen LogP contribution in [0.3, 0.4) is 0 Å². The van der Waals surface area contributed by atoms with Crippen LogP contribution < -0.4 is 10.6 Å². The van der Waals surface area contributed by atoms with E-state index >= 15 is 0 Å². The quantitative estimate of drug-likeness (QED) is 0.306. The first-order chi connectivity index (χ1) is 9.61. The topological polar surface area (TPSA) is 39.7 Å². The first-order valence-corrected chi connectivity index (χ1v) is 7.41. The first kappa shape index (κ1) is 20.5. The minimum Gasteiger partial charge on any atom is -0.357 e. The Hall–Kier alpha value is -0.530. The molecule has 0 aliphatic carbocycles. The van der Waals surface area contributed by atoms with Gasteiger partial charge in [0.05, 0.1) is 6.54 Å². The van der Waals surface area contributed by atoms with Crippen LogP contribution in [0.25, 0.3) is 0 Å². The highest BCUT2D eigenvalue weighted by Crippen LogP contribution is 2.11. The molecular formula is C15H26ClIN4. The lowest BCUT2D eigenvalue weighted by Gasteiger charge is -2.13. The number of rotatable bonds is 7. The summed E-state index contributed by atoms with van der Waals surface area (Å²) in [5.74, 6) is 0.853. The van der Waals surface area contributed by atoms with Gasteiger partial charge in [0.25, 0.3) is 0 Å². The molecule has 6 heteroatoms. The maximum atomic E-state index is 5.97. The predicted octanol–water partition coefficient (Wildman–Crippen LogP) is 2.96. The molecule has 0 bridgehead atoms. The van der Waals surface area contributed by atoms with Crippen LogP contribution in [-0.4, -0.2) is 44.6 Å². The Bertz CT molecular complexity index is 424. The molecule has 0 unspecified atom stereocenters. The summed E-state index contributed by atoms with van der Waals surface area (Å²) in [4.78, 5) is 6.74. The van der Waals surface area contributed by atoms with Gasteiger partial charge in [-0.1, -0.05) is 23.7 Å². The van der Waals surface area contributed by atoms with Gasteiger partial charge in [0.2, 0.25) is 0 Å². The zero-order chi connectivity index (χ0) is 14.8. The number of hydrogen-bond acceptors (Lipinski definition) is 2. The van der Waals surface area contributed by atoms with Gasteiger partial charge < -0.3 is 15.5 Å². The van der Waals surface area contributed by atoms with Crippen molar-refractivity contribution in [2.24, 2.45) is 4.99 Å². The van der Waals surface area contributed by atoms with E-state index in [2.05, 4.69) is 41.5 Å². The van der Waals surface area contributed by atoms with Gasteiger partial charge in [-0.3, -0.25) is 0 Å². The van der Waals surface area contributed by atoms with E-state index in [1.54, 1.807) is 0 Å². The first-order valence-electron chi connectivity index (χ1n) is 7.03. The number of aliphatic imine (C=N–C) groups is 1. The standard InChI is InChI=1S/C15H25ClN4.HI/c1-4-17-15(18-9-6-10-20(2)3)19-12-13-7-5-8-14(16)11-13;/h5,7-8,11H,4,6,9-10,12H2,1-3H3,(H2,17,18,19);1H. The van der Waals surface area contributed by atoms with Gasteiger partial charge in [0.1, 0.15) is 0 Å². The Morgan fingerprint density at radius 2 is 2.05 bits per heavy atom. The van der Waals surface area contributed by atoms with E-state index in [0.29, 0.717) is 6.54 Å². The van der Waals surface area contributed by atoms with Crippen molar-refractivity contribution in [3.05, 3.63) is 34.9 Å². The largest absolute Gasteiger partial charge is 0.357 e. The Morgan fingerprint density at radius 1 is 1.29 bits per heavy atom. The summed E-state index contributed by atoms with van der Waals surface area (Å²) in [7, 11) is 4.16. The minimum atomic E-state index is 0. The molecule has 0 atom stereocenters. The van der Waals surface area contributed by atoms with Crippen molar-refractivity contribution in [3.8, 4) is 0 Å². The number of halogens is 2. The van der Waals surface area contributed by atoms with Crippen molar-refractivity contribution in [2.75, 3.05) is 33.7 Å². The average Bonchev–Trinajstić information content (AvgIpc) is 2.40. The molecule has 0 heterocycles. The molecular weight excluding hydrogens is 399 g/mol. The third-order valence-corrected chi connectivity index (χ3v) is 2.96. The Morgan fingerprint density at radius 3 is 2.67 bits per heavy atom. The van der Waals surface area contributed by atoms with Gasteiger partial charge in [0, 0.05) is 18.1 Å². The van der Waals surface area contributed by atoms with Crippen molar-refractivity contribution in [1.82, 2.24) is 15.5 Å². The molecule has 0 aliphatic heterocycles. The van der Waals surface area contributed by atoms with Crippen LogP contribution >= 0.6 is 35.6 Å². The summed E-state index contributed by atoms with van der Waals surface area (Å²) >= 11 is 5.97. The molecule has 0 saturated carbocycles. The van der Waals surface area contributed by atoms with Crippen molar-refractivity contribution in [3.63, 3.8) is 0 Å². The fourth-order valence-corrected chi connectivity index (χ4v) is 1.96. The lowest BCUT2D eigenvalue weighted by atomic mass is 10.2. The molecule has 0 amide bonds. The van der Waals surface area contributed by atoms with E-state index < -0.39 is 0 Å². The molecule has 1 aromatic carbocycles. The van der Waals surface area contributed by atoms with Crippen LogP contribution in [0, 0.1) is 0 Å². The molecule has 120 valence electrons. The third-order valence-electron chi connectivity index (χ3n) is 2.73. The van der Waals surface area contributed by atoms with Crippen LogP contribution in [-0.2, 0) is 6.54 Å². The van der Waals surface area contributed by atoms with Crippen LogP contribution in [0.2, 0.25) is 5.02 Å². The molecule has 0 aliphatic rings. The summed E-state index contributed by atoms with van der Waals surface area (Å²) in [5, 5.41) is 7.34. The van der Waals surface area contributed by atoms with Crippen LogP contribution in [0.1, 0.15) is 18.9 Å². The minimum absolute atomic E-state index is 0. The molecule has 1 aromatic rings. The number of nitrogens with one attached hydrogen (secondary N) is 2. The molecule has 0 aromatic heterocycles. The lowest BCUT2D eigenvalue weighted by Crippen LogP contribution is -2.38. The molecule has 0 spiro atoms. The van der Waals surface area contributed by atoms with Gasteiger partial charge in [-0.05, 0) is 51.7 Å². The Labute approximate surface area is 150 Å². The number of benzene rings is 1. The number of hydrogen-bond donors (Lipinski definition) is 2. The summed E-state index contributed by atoms with van der Waals surface area (Å²) in [6, 6.07) is 7.80. The summed E-state index contributed by atoms with van der Waals surface area (Å²) in [6.45, 7) is 5.54. The second-order valence-electron chi connectivity index (χ2n) is 4.91. The molecule has 4 nitrogen and oxygen atoms in total.